The third-order valence-electron chi connectivity index (χ3n) is 10.3. The predicted molar refractivity (Wildman–Crippen MR) is 211 cm³/mol. The summed E-state index contributed by atoms with van der Waals surface area (Å²) in [7, 11) is 0. The molecule has 8 aromatic carbocycles. The maximum absolute atomic E-state index is 2.52. The van der Waals surface area contributed by atoms with Gasteiger partial charge >= 0.3 is 0 Å². The van der Waals surface area contributed by atoms with E-state index in [1.807, 2.05) is 11.3 Å². The Bertz CT molecular complexity index is 3100. The molecule has 0 bridgehead atoms. The van der Waals surface area contributed by atoms with Crippen LogP contribution in [0.4, 0.5) is 0 Å². The molecule has 0 aliphatic heterocycles. The molecule has 3 aromatic heterocycles. The highest BCUT2D eigenvalue weighted by Gasteiger charge is 2.23. The summed E-state index contributed by atoms with van der Waals surface area (Å²) in [6.45, 7) is 0. The van der Waals surface area contributed by atoms with Gasteiger partial charge in [0.2, 0.25) is 0 Å². The van der Waals surface area contributed by atoms with Crippen molar-refractivity contribution in [2.24, 2.45) is 0 Å². The second kappa shape index (κ2) is 10.2. The summed E-state index contributed by atoms with van der Waals surface area (Å²) >= 11 is 1.89. The van der Waals surface area contributed by atoms with Crippen LogP contribution >= 0.6 is 11.3 Å². The first-order chi connectivity index (χ1) is 24.3. The number of nitrogens with zero attached hydrogens (tertiary/aromatic N) is 2. The fraction of sp³-hybridized carbons (Fsp3) is 0. The summed E-state index contributed by atoms with van der Waals surface area (Å²) in [5.74, 6) is 0. The molecule has 0 radical (unpaired) electrons. The van der Waals surface area contributed by atoms with E-state index in [0.717, 1.165) is 0 Å². The van der Waals surface area contributed by atoms with Gasteiger partial charge in [-0.3, -0.25) is 0 Å². The molecule has 0 saturated carbocycles. The Hall–Kier alpha value is -6.16. The number of hydrogen-bond acceptors (Lipinski definition) is 1. The minimum Gasteiger partial charge on any atom is -0.309 e. The van der Waals surface area contributed by atoms with E-state index in [1.165, 1.54) is 97.1 Å². The van der Waals surface area contributed by atoms with Crippen LogP contribution in [-0.2, 0) is 0 Å². The van der Waals surface area contributed by atoms with E-state index in [4.69, 9.17) is 0 Å². The maximum Gasteiger partial charge on any atom is 0.0640 e. The van der Waals surface area contributed by atoms with Crippen molar-refractivity contribution in [3.8, 4) is 22.5 Å². The van der Waals surface area contributed by atoms with Crippen LogP contribution in [0.15, 0.2) is 170 Å². The highest BCUT2D eigenvalue weighted by atomic mass is 32.1. The largest absolute Gasteiger partial charge is 0.309 e. The van der Waals surface area contributed by atoms with Crippen molar-refractivity contribution < 1.29 is 0 Å². The molecule has 0 aliphatic rings. The second-order valence-electron chi connectivity index (χ2n) is 12.9. The van der Waals surface area contributed by atoms with E-state index < -0.39 is 0 Å². The smallest absolute Gasteiger partial charge is 0.0640 e. The Kier molecular flexibility index (Phi) is 5.57. The van der Waals surface area contributed by atoms with E-state index in [0.29, 0.717) is 0 Å². The summed E-state index contributed by atoms with van der Waals surface area (Å²) in [6, 6.07) is 62.4. The van der Waals surface area contributed by atoms with Crippen molar-refractivity contribution in [1.29, 1.82) is 0 Å². The molecule has 2 nitrogen and oxygen atoms in total. The van der Waals surface area contributed by atoms with Crippen molar-refractivity contribution in [1.82, 2.24) is 9.13 Å². The van der Waals surface area contributed by atoms with E-state index >= 15 is 0 Å². The normalized spacial score (nSPS) is 12.1. The molecule has 3 heterocycles. The first-order valence-corrected chi connectivity index (χ1v) is 17.6. The van der Waals surface area contributed by atoms with Gasteiger partial charge in [-0.1, -0.05) is 109 Å². The lowest BCUT2D eigenvalue weighted by molar-refractivity contribution is 1.18. The molecule has 0 aliphatic carbocycles. The quantitative estimate of drug-likeness (QED) is 0.182. The van der Waals surface area contributed by atoms with Crippen molar-refractivity contribution in [3.05, 3.63) is 170 Å². The summed E-state index contributed by atoms with van der Waals surface area (Å²) < 4.78 is 7.53. The first-order valence-electron chi connectivity index (χ1n) is 16.8. The summed E-state index contributed by atoms with van der Waals surface area (Å²) in [5, 5.41) is 10.2. The summed E-state index contributed by atoms with van der Waals surface area (Å²) in [4.78, 5) is 0. The Morgan fingerprint density at radius 3 is 1.90 bits per heavy atom. The van der Waals surface area contributed by atoms with Crippen LogP contribution < -0.4 is 0 Å². The topological polar surface area (TPSA) is 9.86 Å². The molecule has 0 atom stereocenters. The molecular weight excluding hydrogens is 613 g/mol. The van der Waals surface area contributed by atoms with Crippen LogP contribution in [0, 0.1) is 0 Å². The average molecular weight is 641 g/mol. The Morgan fingerprint density at radius 2 is 1.04 bits per heavy atom. The monoisotopic (exact) mass is 640 g/mol. The van der Waals surface area contributed by atoms with Crippen LogP contribution in [0.1, 0.15) is 0 Å². The van der Waals surface area contributed by atoms with Gasteiger partial charge in [0.1, 0.15) is 0 Å². The Labute approximate surface area is 286 Å². The van der Waals surface area contributed by atoms with Crippen molar-refractivity contribution >= 4 is 85.9 Å². The molecule has 0 amide bonds. The van der Waals surface area contributed by atoms with E-state index in [2.05, 4.69) is 179 Å². The number of benzene rings is 8. The lowest BCUT2D eigenvalue weighted by atomic mass is 9.96. The van der Waals surface area contributed by atoms with Crippen LogP contribution in [0.5, 0.6) is 0 Å². The zero-order valence-corrected chi connectivity index (χ0v) is 27.3. The van der Waals surface area contributed by atoms with Gasteiger partial charge in [0.25, 0.3) is 0 Å². The molecule has 0 N–H and O–H groups in total. The Morgan fingerprint density at radius 1 is 0.367 bits per heavy atom. The zero-order valence-electron chi connectivity index (χ0n) is 26.5. The van der Waals surface area contributed by atoms with Crippen LogP contribution in [-0.4, -0.2) is 9.13 Å². The van der Waals surface area contributed by atoms with Gasteiger partial charge in [-0.25, -0.2) is 0 Å². The van der Waals surface area contributed by atoms with Gasteiger partial charge in [0.05, 0.1) is 22.1 Å². The van der Waals surface area contributed by atoms with Gasteiger partial charge in [-0.05, 0) is 82.6 Å². The molecule has 0 spiro atoms. The fourth-order valence-corrected chi connectivity index (χ4v) is 9.32. The molecule has 11 aromatic rings. The minimum atomic E-state index is 1.17. The fourth-order valence-electron chi connectivity index (χ4n) is 8.17. The summed E-state index contributed by atoms with van der Waals surface area (Å²) in [5.41, 5.74) is 9.78. The third kappa shape index (κ3) is 3.82. The Balaban J connectivity index is 1.29. The number of fused-ring (bicyclic) bond motifs is 11. The van der Waals surface area contributed by atoms with E-state index in [1.54, 1.807) is 0 Å². The number of thiophene rings is 1. The van der Waals surface area contributed by atoms with Crippen LogP contribution in [0.25, 0.3) is 97.1 Å². The number of hydrogen-bond donors (Lipinski definition) is 0. The van der Waals surface area contributed by atoms with E-state index in [-0.39, 0.29) is 0 Å². The second-order valence-corrected chi connectivity index (χ2v) is 14.0. The molecular formula is C46H28N2S. The lowest BCUT2D eigenvalue weighted by Crippen LogP contribution is -1.95. The lowest BCUT2D eigenvalue weighted by Gasteiger charge is -2.12. The zero-order chi connectivity index (χ0) is 32.1. The standard InChI is InChI=1S/C46H28N2S/c1-2-14-32(15-3-1)47-39-19-9-6-16-34(39)38-27-31(23-25-41(38)47)37-28-43-45(36-18-8-11-21-42(36)49-43)46-44(37)35-17-7-10-20-40(35)48(46)33-24-22-29-12-4-5-13-30(29)26-33/h1-28H. The van der Waals surface area contributed by atoms with E-state index in [9.17, 15) is 0 Å². The van der Waals surface area contributed by atoms with Crippen molar-refractivity contribution in [3.63, 3.8) is 0 Å². The number of aromatic nitrogens is 2. The first kappa shape index (κ1) is 26.9. The van der Waals surface area contributed by atoms with Gasteiger partial charge in [0, 0.05) is 53.1 Å². The summed E-state index contributed by atoms with van der Waals surface area (Å²) in [6.07, 6.45) is 0. The van der Waals surface area contributed by atoms with Gasteiger partial charge in [-0.2, -0.15) is 0 Å². The van der Waals surface area contributed by atoms with Gasteiger partial charge in [0.15, 0.2) is 0 Å². The minimum absolute atomic E-state index is 1.17. The molecule has 0 unspecified atom stereocenters. The van der Waals surface area contributed by atoms with Gasteiger partial charge in [-0.15, -0.1) is 11.3 Å². The number of rotatable bonds is 3. The van der Waals surface area contributed by atoms with Gasteiger partial charge < -0.3 is 9.13 Å². The maximum atomic E-state index is 2.52. The molecule has 11 rings (SSSR count). The molecule has 49 heavy (non-hydrogen) atoms. The molecule has 228 valence electrons. The predicted octanol–water partition coefficient (Wildman–Crippen LogP) is 13.1. The average Bonchev–Trinajstić information content (AvgIpc) is 3.82. The molecule has 0 fully saturated rings. The molecule has 3 heteroatoms. The van der Waals surface area contributed by atoms with Crippen molar-refractivity contribution in [2.75, 3.05) is 0 Å². The van der Waals surface area contributed by atoms with Crippen molar-refractivity contribution in [2.45, 2.75) is 0 Å². The molecule has 0 saturated heterocycles. The number of para-hydroxylation sites is 3. The third-order valence-corrected chi connectivity index (χ3v) is 11.4. The van der Waals surface area contributed by atoms with Crippen LogP contribution in [0.2, 0.25) is 0 Å². The highest BCUT2D eigenvalue weighted by molar-refractivity contribution is 7.26. The van der Waals surface area contributed by atoms with Crippen LogP contribution in [0.3, 0.4) is 0 Å². The highest BCUT2D eigenvalue weighted by Crippen LogP contribution is 2.48. The SMILES string of the molecule is c1ccc(-n2c3ccccc3c3cc(-c4cc5sc6ccccc6c5c5c4c4ccccc4n5-c4ccc5ccccc5c4)ccc32)cc1.